The minimum Gasteiger partial charge on any atom is -0.325 e. The van der Waals surface area contributed by atoms with E-state index in [2.05, 4.69) is 0 Å². The zero-order chi connectivity index (χ0) is 13.1. The quantitative estimate of drug-likeness (QED) is 0.609. The molecular formula is C12H15N3O3. The summed E-state index contributed by atoms with van der Waals surface area (Å²) in [5.41, 5.74) is 0.749. The first-order valence-corrected chi connectivity index (χ1v) is 5.94. The summed E-state index contributed by atoms with van der Waals surface area (Å²) in [6.07, 6.45) is 0.913. The molecule has 6 nitrogen and oxygen atoms in total. The molecule has 0 N–H and O–H groups in total. The van der Waals surface area contributed by atoms with Crippen LogP contribution in [0, 0.1) is 10.1 Å². The summed E-state index contributed by atoms with van der Waals surface area (Å²) in [6.45, 7) is 4.06. The smallest absolute Gasteiger partial charge is 0.324 e. The summed E-state index contributed by atoms with van der Waals surface area (Å²) in [6, 6.07) is 6.06. The number of non-ortho nitro benzene ring substituents is 1. The maximum atomic E-state index is 12.1. The number of rotatable bonds is 3. The van der Waals surface area contributed by atoms with Gasteiger partial charge in [0.1, 0.15) is 0 Å². The van der Waals surface area contributed by atoms with Gasteiger partial charge in [-0.2, -0.15) is 0 Å². The summed E-state index contributed by atoms with van der Waals surface area (Å²) < 4.78 is 0. The van der Waals surface area contributed by atoms with Gasteiger partial charge in [-0.25, -0.2) is 4.79 Å². The molecule has 1 fully saturated rings. The SMILES string of the molecule is CCN1CCCN(c2ccc([N+](=O)[O-])cc2)C1=O. The molecular weight excluding hydrogens is 234 g/mol. The number of nitrogens with zero attached hydrogens (tertiary/aromatic N) is 3. The third-order valence-corrected chi connectivity index (χ3v) is 3.07. The molecule has 0 bridgehead atoms. The topological polar surface area (TPSA) is 66.7 Å². The van der Waals surface area contributed by atoms with Crippen molar-refractivity contribution in [1.82, 2.24) is 4.90 Å². The zero-order valence-corrected chi connectivity index (χ0v) is 10.2. The molecule has 0 atom stereocenters. The molecule has 1 heterocycles. The molecule has 0 spiro atoms. The van der Waals surface area contributed by atoms with E-state index in [-0.39, 0.29) is 11.7 Å². The number of anilines is 1. The first-order valence-electron chi connectivity index (χ1n) is 5.94. The van der Waals surface area contributed by atoms with Crippen LogP contribution < -0.4 is 4.90 Å². The standard InChI is InChI=1S/C12H15N3O3/c1-2-13-8-3-9-14(12(13)16)10-4-6-11(7-5-10)15(17)18/h4-7H,2-3,8-9H2,1H3. The largest absolute Gasteiger partial charge is 0.325 e. The van der Waals surface area contributed by atoms with E-state index in [1.807, 2.05) is 6.92 Å². The number of benzene rings is 1. The van der Waals surface area contributed by atoms with Crippen molar-refractivity contribution in [2.75, 3.05) is 24.5 Å². The second-order valence-corrected chi connectivity index (χ2v) is 4.14. The molecule has 1 aromatic rings. The average Bonchev–Trinajstić information content (AvgIpc) is 2.39. The van der Waals surface area contributed by atoms with Crippen LogP contribution in [0.2, 0.25) is 0 Å². The molecule has 1 aliphatic rings. The van der Waals surface area contributed by atoms with Crippen LogP contribution in [0.25, 0.3) is 0 Å². The Bertz CT molecular complexity index is 458. The second kappa shape index (κ2) is 5.03. The summed E-state index contributed by atoms with van der Waals surface area (Å²) >= 11 is 0. The first kappa shape index (κ1) is 12.3. The average molecular weight is 249 g/mol. The summed E-state index contributed by atoms with van der Waals surface area (Å²) in [5.74, 6) is 0. The van der Waals surface area contributed by atoms with E-state index in [0.29, 0.717) is 18.8 Å². The molecule has 0 radical (unpaired) electrons. The molecule has 0 aromatic heterocycles. The fourth-order valence-corrected chi connectivity index (χ4v) is 2.07. The second-order valence-electron chi connectivity index (χ2n) is 4.14. The molecule has 1 aromatic carbocycles. The van der Waals surface area contributed by atoms with Gasteiger partial charge >= 0.3 is 6.03 Å². The van der Waals surface area contributed by atoms with Gasteiger partial charge in [-0.3, -0.25) is 15.0 Å². The number of hydrogen-bond donors (Lipinski definition) is 0. The van der Waals surface area contributed by atoms with Crippen molar-refractivity contribution < 1.29 is 9.72 Å². The highest BCUT2D eigenvalue weighted by Crippen LogP contribution is 2.22. The van der Waals surface area contributed by atoms with Crippen molar-refractivity contribution in [2.24, 2.45) is 0 Å². The van der Waals surface area contributed by atoms with Gasteiger partial charge in [-0.05, 0) is 25.5 Å². The van der Waals surface area contributed by atoms with Crippen LogP contribution in [-0.2, 0) is 0 Å². The third kappa shape index (κ3) is 2.27. The van der Waals surface area contributed by atoms with Crippen LogP contribution in [0.1, 0.15) is 13.3 Å². The van der Waals surface area contributed by atoms with Crippen molar-refractivity contribution >= 4 is 17.4 Å². The van der Waals surface area contributed by atoms with Gasteiger partial charge in [0.25, 0.3) is 5.69 Å². The lowest BCUT2D eigenvalue weighted by Gasteiger charge is -2.34. The van der Waals surface area contributed by atoms with E-state index in [4.69, 9.17) is 0 Å². The van der Waals surface area contributed by atoms with Crippen LogP contribution in [0.15, 0.2) is 24.3 Å². The Kier molecular flexibility index (Phi) is 3.45. The van der Waals surface area contributed by atoms with Crippen molar-refractivity contribution in [3.63, 3.8) is 0 Å². The van der Waals surface area contributed by atoms with Gasteiger partial charge in [0.05, 0.1) is 4.92 Å². The van der Waals surface area contributed by atoms with Crippen LogP contribution in [0.5, 0.6) is 0 Å². The lowest BCUT2D eigenvalue weighted by Crippen LogP contribution is -2.49. The van der Waals surface area contributed by atoms with E-state index >= 15 is 0 Å². The number of nitro groups is 1. The molecule has 0 unspecified atom stereocenters. The van der Waals surface area contributed by atoms with Crippen molar-refractivity contribution in [2.45, 2.75) is 13.3 Å². The molecule has 6 heteroatoms. The number of carbonyl (C=O) groups is 1. The third-order valence-electron chi connectivity index (χ3n) is 3.07. The van der Waals surface area contributed by atoms with E-state index < -0.39 is 4.92 Å². The predicted octanol–water partition coefficient (Wildman–Crippen LogP) is 2.25. The number of nitro benzene ring substituents is 1. The van der Waals surface area contributed by atoms with E-state index in [1.54, 1.807) is 21.9 Å². The van der Waals surface area contributed by atoms with Crippen molar-refractivity contribution in [3.05, 3.63) is 34.4 Å². The molecule has 0 aliphatic carbocycles. The Hall–Kier alpha value is -2.11. The van der Waals surface area contributed by atoms with Gasteiger partial charge in [-0.1, -0.05) is 0 Å². The van der Waals surface area contributed by atoms with E-state index in [1.165, 1.54) is 12.1 Å². The van der Waals surface area contributed by atoms with Crippen LogP contribution in [-0.4, -0.2) is 35.5 Å². The van der Waals surface area contributed by atoms with E-state index in [0.717, 1.165) is 13.0 Å². The molecule has 2 amide bonds. The molecule has 18 heavy (non-hydrogen) atoms. The lowest BCUT2D eigenvalue weighted by atomic mass is 10.2. The Morgan fingerprint density at radius 3 is 2.50 bits per heavy atom. The Balaban J connectivity index is 2.20. The van der Waals surface area contributed by atoms with E-state index in [9.17, 15) is 14.9 Å². The van der Waals surface area contributed by atoms with Gasteiger partial charge in [0, 0.05) is 37.5 Å². The highest BCUT2D eigenvalue weighted by Gasteiger charge is 2.25. The van der Waals surface area contributed by atoms with Gasteiger partial charge in [0.2, 0.25) is 0 Å². The Labute approximate surface area is 105 Å². The number of hydrogen-bond acceptors (Lipinski definition) is 3. The summed E-state index contributed by atoms with van der Waals surface area (Å²) in [5, 5.41) is 10.6. The molecule has 2 rings (SSSR count). The fraction of sp³-hybridized carbons (Fsp3) is 0.417. The maximum absolute atomic E-state index is 12.1. The fourth-order valence-electron chi connectivity index (χ4n) is 2.07. The first-order chi connectivity index (χ1) is 8.63. The lowest BCUT2D eigenvalue weighted by molar-refractivity contribution is -0.384. The normalized spacial score (nSPS) is 15.9. The molecule has 1 saturated heterocycles. The maximum Gasteiger partial charge on any atom is 0.324 e. The molecule has 96 valence electrons. The van der Waals surface area contributed by atoms with Crippen LogP contribution in [0.4, 0.5) is 16.2 Å². The summed E-state index contributed by atoms with van der Waals surface area (Å²) in [7, 11) is 0. The van der Waals surface area contributed by atoms with Gasteiger partial charge < -0.3 is 4.90 Å². The van der Waals surface area contributed by atoms with Crippen LogP contribution in [0.3, 0.4) is 0 Å². The Morgan fingerprint density at radius 2 is 1.94 bits per heavy atom. The van der Waals surface area contributed by atoms with Gasteiger partial charge in [0.15, 0.2) is 0 Å². The minimum atomic E-state index is -0.444. The van der Waals surface area contributed by atoms with Crippen molar-refractivity contribution in [1.29, 1.82) is 0 Å². The highest BCUT2D eigenvalue weighted by molar-refractivity contribution is 5.92. The number of amides is 2. The Morgan fingerprint density at radius 1 is 1.28 bits per heavy atom. The minimum absolute atomic E-state index is 0.0300. The monoisotopic (exact) mass is 249 g/mol. The van der Waals surface area contributed by atoms with Gasteiger partial charge in [-0.15, -0.1) is 0 Å². The number of urea groups is 1. The van der Waals surface area contributed by atoms with Crippen LogP contribution >= 0.6 is 0 Å². The zero-order valence-electron chi connectivity index (χ0n) is 10.2. The molecule has 1 aliphatic heterocycles. The highest BCUT2D eigenvalue weighted by atomic mass is 16.6. The number of carbonyl (C=O) groups excluding carboxylic acids is 1. The summed E-state index contributed by atoms with van der Waals surface area (Å²) in [4.78, 5) is 25.6. The predicted molar refractivity (Wildman–Crippen MR) is 67.7 cm³/mol. The van der Waals surface area contributed by atoms with Crippen molar-refractivity contribution in [3.8, 4) is 0 Å². The molecule has 0 saturated carbocycles.